The molecule has 0 aliphatic heterocycles. The molecule has 0 unspecified atom stereocenters. The lowest BCUT2D eigenvalue weighted by atomic mass is 9.78. The Hall–Kier alpha value is -3.22. The second kappa shape index (κ2) is 9.73. The van der Waals surface area contributed by atoms with Crippen molar-refractivity contribution in [3.8, 4) is 11.1 Å². The summed E-state index contributed by atoms with van der Waals surface area (Å²) in [5, 5.41) is 5.33. The molecular weight excluding hydrogens is 436 g/mol. The normalized spacial score (nSPS) is 13.1. The predicted molar refractivity (Wildman–Crippen MR) is 130 cm³/mol. The van der Waals surface area contributed by atoms with Crippen LogP contribution in [0.2, 0.25) is 5.02 Å². The average Bonchev–Trinajstić information content (AvgIpc) is 3.27. The van der Waals surface area contributed by atoms with Crippen LogP contribution >= 0.6 is 11.6 Å². The van der Waals surface area contributed by atoms with Crippen LogP contribution in [-0.2, 0) is 21.4 Å². The van der Waals surface area contributed by atoms with E-state index in [1.807, 2.05) is 74.6 Å². The lowest BCUT2D eigenvalue weighted by Crippen LogP contribution is -2.47. The molecule has 4 rings (SSSR count). The summed E-state index contributed by atoms with van der Waals surface area (Å²) >= 11 is 6.07. The van der Waals surface area contributed by atoms with E-state index in [1.165, 1.54) is 0 Å². The van der Waals surface area contributed by atoms with E-state index in [0.29, 0.717) is 30.2 Å². The number of aromatic nitrogens is 3. The van der Waals surface area contributed by atoms with E-state index in [4.69, 9.17) is 16.3 Å². The minimum atomic E-state index is -0.867. The van der Waals surface area contributed by atoms with Crippen LogP contribution < -0.4 is 0 Å². The van der Waals surface area contributed by atoms with Gasteiger partial charge in [-0.2, -0.15) is 5.10 Å². The number of likely N-dealkylation sites (N-methyl/N-ethyl adjacent to an activating group) is 1. The first-order valence-corrected chi connectivity index (χ1v) is 11.2. The minimum Gasteiger partial charge on any atom is -0.383 e. The molecule has 2 heterocycles. The summed E-state index contributed by atoms with van der Waals surface area (Å²) in [5.74, 6) is -0.000513. The highest BCUT2D eigenvalue weighted by Crippen LogP contribution is 2.33. The van der Waals surface area contributed by atoms with Gasteiger partial charge < -0.3 is 9.64 Å². The number of fused-ring (bicyclic) bond motifs is 1. The standard InChI is InChI=1S/C26H27ClN4O2/c1-26(17-19-7-5-4-6-8-19,25(32)30(2)15-16-33-3)23-13-14-28-24-22(18-29-31(23)24)20-9-11-21(27)12-10-20/h4-14,18H,15-17H2,1-3H3/t26-/m1/s1. The molecule has 170 valence electrons. The Kier molecular flexibility index (Phi) is 6.77. The van der Waals surface area contributed by atoms with Gasteiger partial charge in [0.15, 0.2) is 5.65 Å². The lowest BCUT2D eigenvalue weighted by Gasteiger charge is -2.33. The number of hydrogen-bond donors (Lipinski definition) is 0. The predicted octanol–water partition coefficient (Wildman–Crippen LogP) is 4.65. The molecule has 33 heavy (non-hydrogen) atoms. The molecule has 1 amide bonds. The summed E-state index contributed by atoms with van der Waals surface area (Å²) in [6.07, 6.45) is 4.06. The van der Waals surface area contributed by atoms with Gasteiger partial charge in [0.1, 0.15) is 0 Å². The maximum absolute atomic E-state index is 13.8. The molecule has 4 aromatic rings. The monoisotopic (exact) mass is 462 g/mol. The van der Waals surface area contributed by atoms with Crippen LogP contribution in [0.25, 0.3) is 16.8 Å². The third-order valence-corrected chi connectivity index (χ3v) is 6.22. The molecule has 1 atom stereocenters. The van der Waals surface area contributed by atoms with Crippen molar-refractivity contribution in [3.05, 3.63) is 89.3 Å². The molecule has 0 radical (unpaired) electrons. The molecule has 2 aromatic carbocycles. The van der Waals surface area contributed by atoms with Gasteiger partial charge in [0, 0.05) is 37.5 Å². The van der Waals surface area contributed by atoms with Crippen molar-refractivity contribution >= 4 is 23.2 Å². The summed E-state index contributed by atoms with van der Waals surface area (Å²) in [5.41, 5.74) is 3.54. The van der Waals surface area contributed by atoms with Gasteiger partial charge in [-0.05, 0) is 42.7 Å². The first-order valence-electron chi connectivity index (χ1n) is 10.8. The van der Waals surface area contributed by atoms with E-state index in [0.717, 1.165) is 22.4 Å². The van der Waals surface area contributed by atoms with Crippen molar-refractivity contribution in [1.29, 1.82) is 0 Å². The van der Waals surface area contributed by atoms with E-state index in [-0.39, 0.29) is 5.91 Å². The Morgan fingerprint density at radius 3 is 2.55 bits per heavy atom. The number of ether oxygens (including phenoxy) is 1. The van der Waals surface area contributed by atoms with Crippen LogP contribution in [-0.4, -0.2) is 52.7 Å². The molecule has 7 heteroatoms. The maximum Gasteiger partial charge on any atom is 0.234 e. The fourth-order valence-electron chi connectivity index (χ4n) is 4.17. The average molecular weight is 463 g/mol. The molecular formula is C26H27ClN4O2. The van der Waals surface area contributed by atoms with Crippen LogP contribution in [0.1, 0.15) is 18.2 Å². The second-order valence-corrected chi connectivity index (χ2v) is 8.78. The van der Waals surface area contributed by atoms with Crippen molar-refractivity contribution in [1.82, 2.24) is 19.5 Å². The number of nitrogens with zero attached hydrogens (tertiary/aromatic N) is 4. The van der Waals surface area contributed by atoms with Crippen LogP contribution in [0.15, 0.2) is 73.1 Å². The molecule has 0 saturated heterocycles. The lowest BCUT2D eigenvalue weighted by molar-refractivity contribution is -0.136. The number of rotatable bonds is 8. The number of amides is 1. The zero-order chi connectivity index (χ0) is 23.4. The first-order chi connectivity index (χ1) is 15.9. The van der Waals surface area contributed by atoms with Gasteiger partial charge in [-0.15, -0.1) is 0 Å². The van der Waals surface area contributed by atoms with E-state index in [1.54, 1.807) is 28.9 Å². The Morgan fingerprint density at radius 1 is 1.12 bits per heavy atom. The zero-order valence-corrected chi connectivity index (χ0v) is 19.8. The number of carbonyl (C=O) groups excluding carboxylic acids is 1. The smallest absolute Gasteiger partial charge is 0.234 e. The van der Waals surface area contributed by atoms with Crippen LogP contribution in [0.5, 0.6) is 0 Å². The van der Waals surface area contributed by atoms with Gasteiger partial charge in [-0.25, -0.2) is 9.50 Å². The van der Waals surface area contributed by atoms with Gasteiger partial charge in [-0.3, -0.25) is 4.79 Å². The van der Waals surface area contributed by atoms with Gasteiger partial charge in [0.2, 0.25) is 5.91 Å². The van der Waals surface area contributed by atoms with Crippen LogP contribution in [0.3, 0.4) is 0 Å². The third kappa shape index (κ3) is 4.63. The van der Waals surface area contributed by atoms with Crippen molar-refractivity contribution in [2.45, 2.75) is 18.8 Å². The van der Waals surface area contributed by atoms with E-state index in [2.05, 4.69) is 10.1 Å². The summed E-state index contributed by atoms with van der Waals surface area (Å²) in [4.78, 5) is 20.1. The van der Waals surface area contributed by atoms with Gasteiger partial charge in [0.25, 0.3) is 0 Å². The molecule has 0 saturated carbocycles. The molecule has 0 aliphatic rings. The van der Waals surface area contributed by atoms with Crippen LogP contribution in [0.4, 0.5) is 0 Å². The summed E-state index contributed by atoms with van der Waals surface area (Å²) in [6, 6.07) is 19.5. The maximum atomic E-state index is 13.8. The molecule has 0 spiro atoms. The van der Waals surface area contributed by atoms with Crippen molar-refractivity contribution in [2.75, 3.05) is 27.3 Å². The van der Waals surface area contributed by atoms with Crippen molar-refractivity contribution in [3.63, 3.8) is 0 Å². The Bertz CT molecular complexity index is 1240. The van der Waals surface area contributed by atoms with E-state index in [9.17, 15) is 4.79 Å². The van der Waals surface area contributed by atoms with Crippen molar-refractivity contribution < 1.29 is 9.53 Å². The highest BCUT2D eigenvalue weighted by molar-refractivity contribution is 6.30. The topological polar surface area (TPSA) is 59.7 Å². The highest BCUT2D eigenvalue weighted by Gasteiger charge is 2.40. The molecule has 0 aliphatic carbocycles. The van der Waals surface area contributed by atoms with Gasteiger partial charge in [0.05, 0.1) is 23.9 Å². The quantitative estimate of drug-likeness (QED) is 0.382. The Labute approximate surface area is 198 Å². The molecule has 0 N–H and O–H groups in total. The van der Waals surface area contributed by atoms with E-state index < -0.39 is 5.41 Å². The summed E-state index contributed by atoms with van der Waals surface area (Å²) < 4.78 is 6.99. The van der Waals surface area contributed by atoms with Gasteiger partial charge in [-0.1, -0.05) is 54.1 Å². The second-order valence-electron chi connectivity index (χ2n) is 8.34. The SMILES string of the molecule is COCCN(C)C(=O)[C@](C)(Cc1ccccc1)c1ccnc2c(-c3ccc(Cl)cc3)cnn12. The van der Waals surface area contributed by atoms with Crippen molar-refractivity contribution in [2.24, 2.45) is 0 Å². The molecule has 0 fully saturated rings. The number of halogens is 1. The summed E-state index contributed by atoms with van der Waals surface area (Å²) in [7, 11) is 3.45. The zero-order valence-electron chi connectivity index (χ0n) is 19.0. The minimum absolute atomic E-state index is 0.000513. The Morgan fingerprint density at radius 2 is 1.85 bits per heavy atom. The number of hydrogen-bond acceptors (Lipinski definition) is 4. The number of benzene rings is 2. The number of carbonyl (C=O) groups is 1. The number of methoxy groups -OCH3 is 1. The van der Waals surface area contributed by atoms with E-state index >= 15 is 0 Å². The fraction of sp³-hybridized carbons (Fsp3) is 0.269. The first kappa shape index (κ1) is 23.0. The fourth-order valence-corrected chi connectivity index (χ4v) is 4.30. The highest BCUT2D eigenvalue weighted by atomic mass is 35.5. The van der Waals surface area contributed by atoms with Gasteiger partial charge >= 0.3 is 0 Å². The largest absolute Gasteiger partial charge is 0.383 e. The molecule has 0 bridgehead atoms. The molecule has 6 nitrogen and oxygen atoms in total. The third-order valence-electron chi connectivity index (χ3n) is 5.97. The summed E-state index contributed by atoms with van der Waals surface area (Å²) in [6.45, 7) is 2.95. The Balaban J connectivity index is 1.83. The van der Waals surface area contributed by atoms with Crippen LogP contribution in [0, 0.1) is 0 Å². The molecule has 2 aromatic heterocycles.